The van der Waals surface area contributed by atoms with Crippen molar-refractivity contribution < 1.29 is 9.26 Å². The van der Waals surface area contributed by atoms with Crippen molar-refractivity contribution in [1.82, 2.24) is 5.16 Å². The first kappa shape index (κ1) is 14.1. The fraction of sp³-hybridized carbons (Fsp3) is 0.235. The van der Waals surface area contributed by atoms with Crippen molar-refractivity contribution >= 4 is 26.9 Å². The third-order valence-corrected chi connectivity index (χ3v) is 3.77. The van der Waals surface area contributed by atoms with Crippen LogP contribution in [0.1, 0.15) is 16.8 Å². The lowest BCUT2D eigenvalue weighted by Crippen LogP contribution is -1.95. The number of nitrogens with zero attached hydrogens (tertiary/aromatic N) is 1. The standard InChI is InChI=1S/C17H16BrNO2/c1-12-2-4-13(5-3-12)11-20-14-6-7-17-15(10-14)16(8-9-18)19-21-17/h2-7,10H,8-9,11H2,1H3. The second-order valence-corrected chi connectivity index (χ2v) is 5.79. The highest BCUT2D eigenvalue weighted by molar-refractivity contribution is 9.09. The van der Waals surface area contributed by atoms with Gasteiger partial charge < -0.3 is 9.26 Å². The summed E-state index contributed by atoms with van der Waals surface area (Å²) in [5.74, 6) is 0.835. The molecule has 0 aliphatic heterocycles. The molecule has 21 heavy (non-hydrogen) atoms. The fourth-order valence-electron chi connectivity index (χ4n) is 2.18. The molecule has 0 spiro atoms. The predicted molar refractivity (Wildman–Crippen MR) is 87.0 cm³/mol. The van der Waals surface area contributed by atoms with E-state index < -0.39 is 0 Å². The zero-order chi connectivity index (χ0) is 14.7. The van der Waals surface area contributed by atoms with Gasteiger partial charge in [-0.15, -0.1) is 0 Å². The Balaban J connectivity index is 1.77. The normalized spacial score (nSPS) is 11.0. The third-order valence-electron chi connectivity index (χ3n) is 3.37. The van der Waals surface area contributed by atoms with Crippen LogP contribution in [-0.4, -0.2) is 10.5 Å². The number of hydrogen-bond donors (Lipinski definition) is 0. The zero-order valence-corrected chi connectivity index (χ0v) is 13.4. The molecule has 0 aliphatic carbocycles. The van der Waals surface area contributed by atoms with Gasteiger partial charge in [-0.05, 0) is 30.7 Å². The fourth-order valence-corrected chi connectivity index (χ4v) is 2.55. The quantitative estimate of drug-likeness (QED) is 0.631. The molecule has 0 N–H and O–H groups in total. The van der Waals surface area contributed by atoms with Gasteiger partial charge in [-0.3, -0.25) is 0 Å². The van der Waals surface area contributed by atoms with Crippen LogP contribution in [0.5, 0.6) is 5.75 Å². The molecular formula is C17H16BrNO2. The van der Waals surface area contributed by atoms with E-state index in [0.29, 0.717) is 6.61 Å². The molecule has 4 heteroatoms. The minimum atomic E-state index is 0.560. The SMILES string of the molecule is Cc1ccc(COc2ccc3onc(CCBr)c3c2)cc1. The van der Waals surface area contributed by atoms with Crippen LogP contribution in [0.4, 0.5) is 0 Å². The van der Waals surface area contributed by atoms with Crippen molar-refractivity contribution in [3.8, 4) is 5.75 Å². The molecule has 0 saturated heterocycles. The third kappa shape index (κ3) is 3.27. The van der Waals surface area contributed by atoms with E-state index in [4.69, 9.17) is 9.26 Å². The largest absolute Gasteiger partial charge is 0.489 e. The van der Waals surface area contributed by atoms with E-state index in [1.807, 2.05) is 18.2 Å². The number of alkyl halides is 1. The molecule has 0 unspecified atom stereocenters. The highest BCUT2D eigenvalue weighted by atomic mass is 79.9. The number of rotatable bonds is 5. The minimum Gasteiger partial charge on any atom is -0.489 e. The van der Waals surface area contributed by atoms with E-state index >= 15 is 0 Å². The summed E-state index contributed by atoms with van der Waals surface area (Å²) in [5.41, 5.74) is 4.17. The molecule has 0 fully saturated rings. The molecule has 3 rings (SSSR count). The molecule has 2 aromatic carbocycles. The second-order valence-electron chi connectivity index (χ2n) is 5.00. The van der Waals surface area contributed by atoms with Crippen LogP contribution >= 0.6 is 15.9 Å². The summed E-state index contributed by atoms with van der Waals surface area (Å²) in [7, 11) is 0. The van der Waals surface area contributed by atoms with Crippen LogP contribution in [0.3, 0.4) is 0 Å². The Labute approximate surface area is 132 Å². The van der Waals surface area contributed by atoms with Gasteiger partial charge in [0.15, 0.2) is 5.58 Å². The van der Waals surface area contributed by atoms with Crippen LogP contribution in [0.25, 0.3) is 11.0 Å². The monoisotopic (exact) mass is 345 g/mol. The maximum atomic E-state index is 5.86. The van der Waals surface area contributed by atoms with Crippen molar-refractivity contribution in [2.75, 3.05) is 5.33 Å². The molecule has 0 atom stereocenters. The number of halogens is 1. The summed E-state index contributed by atoms with van der Waals surface area (Å²) in [6.07, 6.45) is 0.842. The van der Waals surface area contributed by atoms with Gasteiger partial charge in [-0.1, -0.05) is 50.9 Å². The molecule has 1 heterocycles. The Bertz CT molecular complexity index is 734. The Morgan fingerprint density at radius 3 is 2.71 bits per heavy atom. The van der Waals surface area contributed by atoms with E-state index in [-0.39, 0.29) is 0 Å². The number of hydrogen-bond acceptors (Lipinski definition) is 3. The lowest BCUT2D eigenvalue weighted by atomic mass is 10.1. The molecule has 0 amide bonds. The lowest BCUT2D eigenvalue weighted by molar-refractivity contribution is 0.306. The van der Waals surface area contributed by atoms with Crippen LogP contribution in [0.15, 0.2) is 47.0 Å². The molecule has 0 saturated carbocycles. The molecule has 3 aromatic rings. The van der Waals surface area contributed by atoms with Gasteiger partial charge in [0, 0.05) is 17.1 Å². The summed E-state index contributed by atoms with van der Waals surface area (Å²) < 4.78 is 11.2. The minimum absolute atomic E-state index is 0.560. The van der Waals surface area contributed by atoms with Crippen LogP contribution in [0.2, 0.25) is 0 Å². The van der Waals surface area contributed by atoms with Gasteiger partial charge >= 0.3 is 0 Å². The highest BCUT2D eigenvalue weighted by Crippen LogP contribution is 2.25. The van der Waals surface area contributed by atoms with E-state index in [2.05, 4.69) is 52.3 Å². The predicted octanol–water partition coefficient (Wildman–Crippen LogP) is 4.65. The van der Waals surface area contributed by atoms with Gasteiger partial charge in [0.05, 0.1) is 5.69 Å². The van der Waals surface area contributed by atoms with E-state index in [9.17, 15) is 0 Å². The average Bonchev–Trinajstić information content (AvgIpc) is 2.90. The molecule has 108 valence electrons. The molecule has 0 bridgehead atoms. The lowest BCUT2D eigenvalue weighted by Gasteiger charge is -2.06. The Hall–Kier alpha value is -1.81. The maximum absolute atomic E-state index is 5.86. The van der Waals surface area contributed by atoms with Gasteiger partial charge in [0.2, 0.25) is 0 Å². The van der Waals surface area contributed by atoms with Gasteiger partial charge in [-0.25, -0.2) is 0 Å². The number of ether oxygens (including phenoxy) is 1. The maximum Gasteiger partial charge on any atom is 0.167 e. The van der Waals surface area contributed by atoms with Crippen molar-refractivity contribution in [1.29, 1.82) is 0 Å². The number of aryl methyl sites for hydroxylation is 2. The van der Waals surface area contributed by atoms with Crippen LogP contribution in [0, 0.1) is 6.92 Å². The van der Waals surface area contributed by atoms with E-state index in [0.717, 1.165) is 39.7 Å². The van der Waals surface area contributed by atoms with Crippen LogP contribution < -0.4 is 4.74 Å². The molecule has 1 aromatic heterocycles. The average molecular weight is 346 g/mol. The van der Waals surface area contributed by atoms with Gasteiger partial charge in [-0.2, -0.15) is 0 Å². The van der Waals surface area contributed by atoms with Gasteiger partial charge in [0.1, 0.15) is 12.4 Å². The van der Waals surface area contributed by atoms with Crippen molar-refractivity contribution in [3.63, 3.8) is 0 Å². The zero-order valence-electron chi connectivity index (χ0n) is 11.8. The molecule has 0 radical (unpaired) electrons. The molecular weight excluding hydrogens is 330 g/mol. The van der Waals surface area contributed by atoms with Crippen molar-refractivity contribution in [2.24, 2.45) is 0 Å². The number of benzene rings is 2. The summed E-state index contributed by atoms with van der Waals surface area (Å²) in [6.45, 7) is 2.64. The van der Waals surface area contributed by atoms with Crippen LogP contribution in [-0.2, 0) is 13.0 Å². The summed E-state index contributed by atoms with van der Waals surface area (Å²) in [6, 6.07) is 14.2. The van der Waals surface area contributed by atoms with E-state index in [1.54, 1.807) is 0 Å². The first-order chi connectivity index (χ1) is 10.3. The van der Waals surface area contributed by atoms with E-state index in [1.165, 1.54) is 5.56 Å². The first-order valence-electron chi connectivity index (χ1n) is 6.89. The van der Waals surface area contributed by atoms with Gasteiger partial charge in [0.25, 0.3) is 0 Å². The highest BCUT2D eigenvalue weighted by Gasteiger charge is 2.09. The summed E-state index contributed by atoms with van der Waals surface area (Å²) in [5, 5.41) is 5.98. The molecule has 3 nitrogen and oxygen atoms in total. The second kappa shape index (κ2) is 6.31. The Morgan fingerprint density at radius 1 is 1.14 bits per heavy atom. The Morgan fingerprint density at radius 2 is 1.95 bits per heavy atom. The summed E-state index contributed by atoms with van der Waals surface area (Å²) in [4.78, 5) is 0. The number of aromatic nitrogens is 1. The topological polar surface area (TPSA) is 35.3 Å². The summed E-state index contributed by atoms with van der Waals surface area (Å²) >= 11 is 3.43. The van der Waals surface area contributed by atoms with Crippen molar-refractivity contribution in [3.05, 3.63) is 59.3 Å². The number of fused-ring (bicyclic) bond motifs is 1. The Kier molecular flexibility index (Phi) is 4.25. The first-order valence-corrected chi connectivity index (χ1v) is 8.01. The smallest absolute Gasteiger partial charge is 0.167 e. The molecule has 0 aliphatic rings. The van der Waals surface area contributed by atoms with Crippen molar-refractivity contribution in [2.45, 2.75) is 20.0 Å².